The number of benzene rings is 1. The Labute approximate surface area is 140 Å². The maximum atomic E-state index is 12.2. The zero-order valence-corrected chi connectivity index (χ0v) is 13.9. The number of hydrogen-bond donors (Lipinski definition) is 1. The molecule has 7 heteroatoms. The summed E-state index contributed by atoms with van der Waals surface area (Å²) in [4.78, 5) is 25.6. The molecule has 24 heavy (non-hydrogen) atoms. The van der Waals surface area contributed by atoms with Gasteiger partial charge in [-0.15, -0.1) is 10.2 Å². The smallest absolute Gasteiger partial charge is 0.337 e. The number of anilines is 2. The molecule has 1 aromatic heterocycles. The maximum Gasteiger partial charge on any atom is 0.337 e. The zero-order chi connectivity index (χ0) is 17.5. The molecule has 1 amide bonds. The Bertz CT molecular complexity index is 695. The minimum atomic E-state index is -0.425. The second kappa shape index (κ2) is 8.05. The van der Waals surface area contributed by atoms with Crippen molar-refractivity contribution in [3.05, 3.63) is 47.7 Å². The SMILES string of the molecule is CCN(CC)c1ccc(C(=O)Nc2ccc(C(=O)OC)cc2)nn1. The second-order valence-electron chi connectivity index (χ2n) is 4.97. The van der Waals surface area contributed by atoms with Crippen molar-refractivity contribution >= 4 is 23.4 Å². The molecule has 0 spiro atoms. The molecular formula is C17H20N4O3. The summed E-state index contributed by atoms with van der Waals surface area (Å²) in [6.07, 6.45) is 0. The van der Waals surface area contributed by atoms with Crippen LogP contribution in [-0.2, 0) is 4.74 Å². The van der Waals surface area contributed by atoms with Crippen LogP contribution >= 0.6 is 0 Å². The van der Waals surface area contributed by atoms with E-state index in [9.17, 15) is 9.59 Å². The van der Waals surface area contributed by atoms with Gasteiger partial charge in [-0.2, -0.15) is 0 Å². The second-order valence-corrected chi connectivity index (χ2v) is 4.97. The summed E-state index contributed by atoms with van der Waals surface area (Å²) in [5.74, 6) is -0.0517. The van der Waals surface area contributed by atoms with Crippen LogP contribution in [0, 0.1) is 0 Å². The van der Waals surface area contributed by atoms with Gasteiger partial charge in [-0.3, -0.25) is 4.79 Å². The first-order valence-electron chi connectivity index (χ1n) is 7.67. The van der Waals surface area contributed by atoms with E-state index in [1.807, 2.05) is 18.7 Å². The molecule has 0 aliphatic carbocycles. The molecule has 0 bridgehead atoms. The average Bonchev–Trinajstić information content (AvgIpc) is 2.63. The number of carbonyl (C=O) groups excluding carboxylic acids is 2. The highest BCUT2D eigenvalue weighted by Crippen LogP contribution is 2.13. The number of ether oxygens (including phenoxy) is 1. The van der Waals surface area contributed by atoms with Gasteiger partial charge in [0, 0.05) is 18.8 Å². The van der Waals surface area contributed by atoms with Crippen LogP contribution in [0.3, 0.4) is 0 Å². The predicted molar refractivity (Wildman–Crippen MR) is 91.3 cm³/mol. The first-order valence-corrected chi connectivity index (χ1v) is 7.67. The average molecular weight is 328 g/mol. The van der Waals surface area contributed by atoms with Crippen molar-refractivity contribution < 1.29 is 14.3 Å². The standard InChI is InChI=1S/C17H20N4O3/c1-4-21(5-2)15-11-10-14(19-20-15)16(22)18-13-8-6-12(7-9-13)17(23)24-3/h6-11H,4-5H2,1-3H3,(H,18,22). The van der Waals surface area contributed by atoms with E-state index in [0.29, 0.717) is 11.3 Å². The number of aromatic nitrogens is 2. The van der Waals surface area contributed by atoms with Crippen LogP contribution in [0.15, 0.2) is 36.4 Å². The van der Waals surface area contributed by atoms with E-state index in [2.05, 4.69) is 20.3 Å². The minimum absolute atomic E-state index is 0.225. The van der Waals surface area contributed by atoms with Crippen molar-refractivity contribution in [2.24, 2.45) is 0 Å². The number of nitrogens with one attached hydrogen (secondary N) is 1. The highest BCUT2D eigenvalue weighted by atomic mass is 16.5. The summed E-state index contributed by atoms with van der Waals surface area (Å²) in [7, 11) is 1.32. The Hall–Kier alpha value is -2.96. The van der Waals surface area contributed by atoms with Gasteiger partial charge in [0.15, 0.2) is 11.5 Å². The molecule has 0 radical (unpaired) electrons. The number of amides is 1. The van der Waals surface area contributed by atoms with Crippen LogP contribution in [-0.4, -0.2) is 42.3 Å². The summed E-state index contributed by atoms with van der Waals surface area (Å²) in [6.45, 7) is 5.71. The third-order valence-electron chi connectivity index (χ3n) is 3.53. The lowest BCUT2D eigenvalue weighted by Gasteiger charge is -2.18. The molecule has 0 aliphatic rings. The predicted octanol–water partition coefficient (Wildman–Crippen LogP) is 2.36. The van der Waals surface area contributed by atoms with Crippen molar-refractivity contribution in [3.8, 4) is 0 Å². The summed E-state index contributed by atoms with van der Waals surface area (Å²) in [5.41, 5.74) is 1.20. The number of rotatable bonds is 6. The van der Waals surface area contributed by atoms with E-state index in [4.69, 9.17) is 0 Å². The molecule has 2 aromatic rings. The lowest BCUT2D eigenvalue weighted by Crippen LogP contribution is -2.24. The summed E-state index contributed by atoms with van der Waals surface area (Å²) < 4.78 is 4.63. The van der Waals surface area contributed by atoms with Gasteiger partial charge in [0.2, 0.25) is 0 Å². The molecule has 2 rings (SSSR count). The van der Waals surface area contributed by atoms with Crippen molar-refractivity contribution in [1.29, 1.82) is 0 Å². The number of hydrogen-bond acceptors (Lipinski definition) is 6. The van der Waals surface area contributed by atoms with Gasteiger partial charge < -0.3 is 15.0 Å². The molecule has 0 fully saturated rings. The van der Waals surface area contributed by atoms with Crippen molar-refractivity contribution in [3.63, 3.8) is 0 Å². The van der Waals surface area contributed by atoms with Gasteiger partial charge in [-0.05, 0) is 50.2 Å². The Morgan fingerprint density at radius 3 is 2.21 bits per heavy atom. The van der Waals surface area contributed by atoms with Crippen LogP contribution in [0.25, 0.3) is 0 Å². The van der Waals surface area contributed by atoms with Gasteiger partial charge >= 0.3 is 5.97 Å². The fourth-order valence-electron chi connectivity index (χ4n) is 2.17. The van der Waals surface area contributed by atoms with Crippen LogP contribution < -0.4 is 10.2 Å². The van der Waals surface area contributed by atoms with Crippen molar-refractivity contribution in [1.82, 2.24) is 10.2 Å². The summed E-state index contributed by atoms with van der Waals surface area (Å²) >= 11 is 0. The van der Waals surface area contributed by atoms with Gasteiger partial charge in [0.1, 0.15) is 0 Å². The third kappa shape index (κ3) is 4.07. The van der Waals surface area contributed by atoms with Gasteiger partial charge in [-0.1, -0.05) is 0 Å². The van der Waals surface area contributed by atoms with Crippen LogP contribution in [0.2, 0.25) is 0 Å². The topological polar surface area (TPSA) is 84.4 Å². The van der Waals surface area contributed by atoms with E-state index in [-0.39, 0.29) is 11.6 Å². The number of esters is 1. The first kappa shape index (κ1) is 17.4. The van der Waals surface area contributed by atoms with Crippen molar-refractivity contribution in [2.45, 2.75) is 13.8 Å². The van der Waals surface area contributed by atoms with Crippen LogP contribution in [0.1, 0.15) is 34.7 Å². The van der Waals surface area contributed by atoms with E-state index in [1.54, 1.807) is 36.4 Å². The molecule has 7 nitrogen and oxygen atoms in total. The summed E-state index contributed by atoms with van der Waals surface area (Å²) in [6, 6.07) is 9.82. The number of carbonyl (C=O) groups is 2. The molecule has 1 heterocycles. The van der Waals surface area contributed by atoms with E-state index >= 15 is 0 Å². The fourth-order valence-corrected chi connectivity index (χ4v) is 2.17. The normalized spacial score (nSPS) is 10.1. The third-order valence-corrected chi connectivity index (χ3v) is 3.53. The number of methoxy groups -OCH3 is 1. The molecule has 126 valence electrons. The van der Waals surface area contributed by atoms with Crippen LogP contribution in [0.5, 0.6) is 0 Å². The van der Waals surface area contributed by atoms with E-state index in [1.165, 1.54) is 7.11 Å². The monoisotopic (exact) mass is 328 g/mol. The Balaban J connectivity index is 2.05. The van der Waals surface area contributed by atoms with Gasteiger partial charge in [0.25, 0.3) is 5.91 Å². The van der Waals surface area contributed by atoms with E-state index in [0.717, 1.165) is 18.9 Å². The highest BCUT2D eigenvalue weighted by molar-refractivity contribution is 6.03. The molecule has 0 saturated carbocycles. The van der Waals surface area contributed by atoms with E-state index < -0.39 is 5.97 Å². The molecular weight excluding hydrogens is 308 g/mol. The Kier molecular flexibility index (Phi) is 5.83. The lowest BCUT2D eigenvalue weighted by molar-refractivity contribution is 0.0600. The van der Waals surface area contributed by atoms with Gasteiger partial charge in [0.05, 0.1) is 12.7 Å². The van der Waals surface area contributed by atoms with Gasteiger partial charge in [-0.25, -0.2) is 4.79 Å². The number of nitrogens with zero attached hydrogens (tertiary/aromatic N) is 3. The lowest BCUT2D eigenvalue weighted by atomic mass is 10.2. The largest absolute Gasteiger partial charge is 0.465 e. The fraction of sp³-hybridized carbons (Fsp3) is 0.294. The molecule has 1 N–H and O–H groups in total. The Morgan fingerprint density at radius 1 is 1.04 bits per heavy atom. The summed E-state index contributed by atoms with van der Waals surface area (Å²) in [5, 5.41) is 10.8. The highest BCUT2D eigenvalue weighted by Gasteiger charge is 2.11. The molecule has 0 unspecified atom stereocenters. The molecule has 0 atom stereocenters. The molecule has 0 aliphatic heterocycles. The quantitative estimate of drug-likeness (QED) is 0.820. The first-order chi connectivity index (χ1) is 11.6. The zero-order valence-electron chi connectivity index (χ0n) is 13.9. The minimum Gasteiger partial charge on any atom is -0.465 e. The van der Waals surface area contributed by atoms with Crippen LogP contribution in [0.4, 0.5) is 11.5 Å². The van der Waals surface area contributed by atoms with Crippen molar-refractivity contribution in [2.75, 3.05) is 30.4 Å². The Morgan fingerprint density at radius 2 is 1.71 bits per heavy atom. The maximum absolute atomic E-state index is 12.2. The molecule has 0 saturated heterocycles. The molecule has 1 aromatic carbocycles.